The summed E-state index contributed by atoms with van der Waals surface area (Å²) in [5.74, 6) is 0.884. The number of benzene rings is 4. The molecule has 2 heterocycles. The summed E-state index contributed by atoms with van der Waals surface area (Å²) in [4.78, 5) is 0. The lowest BCUT2D eigenvalue weighted by molar-refractivity contribution is 0.582. The summed E-state index contributed by atoms with van der Waals surface area (Å²) in [5, 5.41) is 4.02. The van der Waals surface area contributed by atoms with E-state index < -0.39 is 15.2 Å². The smallest absolute Gasteiger partial charge is 0.134 e. The molecule has 0 N–H and O–H groups in total. The van der Waals surface area contributed by atoms with Crippen LogP contribution in [0.5, 0.6) is 0 Å². The van der Waals surface area contributed by atoms with Gasteiger partial charge in [-0.15, -0.1) is 0 Å². The first-order valence-electron chi connectivity index (χ1n) is 12.7. The van der Waals surface area contributed by atoms with E-state index in [0.29, 0.717) is 0 Å². The van der Waals surface area contributed by atoms with E-state index in [1.165, 1.54) is 38.2 Å². The van der Waals surface area contributed by atoms with Crippen molar-refractivity contribution in [3.8, 4) is 22.5 Å². The Kier molecular flexibility index (Phi) is 7.10. The van der Waals surface area contributed by atoms with Gasteiger partial charge in [-0.1, -0.05) is 97.1 Å². The van der Waals surface area contributed by atoms with Gasteiger partial charge in [0.25, 0.3) is 0 Å². The lowest BCUT2D eigenvalue weighted by atomic mass is 9.97. The van der Waals surface area contributed by atoms with Crippen LogP contribution >= 0.6 is 15.2 Å². The molecule has 0 spiro atoms. The maximum Gasteiger partial charge on any atom is 0.134 e. The van der Waals surface area contributed by atoms with Gasteiger partial charge in [-0.3, -0.25) is 0 Å². The summed E-state index contributed by atoms with van der Waals surface area (Å²) in [5.41, 5.74) is 7.31. The molecule has 6 aromatic rings. The highest BCUT2D eigenvalue weighted by atomic mass is 32.1. The second-order valence-electron chi connectivity index (χ2n) is 9.22. The van der Waals surface area contributed by atoms with Gasteiger partial charge in [0.1, 0.15) is 11.3 Å². The fourth-order valence-corrected chi connectivity index (χ4v) is 12.6. The SMILES string of the molecule is Cc1ccccc1-c1c(C)cccc1[P@](c1ccco1)P(c1ccccc1)c1ccc(-c2ccco2)cc1. The van der Waals surface area contributed by atoms with Crippen LogP contribution in [0.2, 0.25) is 0 Å². The predicted octanol–water partition coefficient (Wildman–Crippen LogP) is 8.30. The van der Waals surface area contributed by atoms with Crippen molar-refractivity contribution in [2.75, 3.05) is 0 Å². The summed E-state index contributed by atoms with van der Waals surface area (Å²) in [6.45, 7) is 4.43. The monoisotopic (exact) mass is 530 g/mol. The Hall–Kier alpha value is -3.70. The highest BCUT2D eigenvalue weighted by Crippen LogP contribution is 2.66. The van der Waals surface area contributed by atoms with E-state index in [1.807, 2.05) is 24.5 Å². The Morgan fingerprint density at radius 3 is 1.89 bits per heavy atom. The van der Waals surface area contributed by atoms with E-state index in [9.17, 15) is 0 Å². The van der Waals surface area contributed by atoms with Crippen molar-refractivity contribution in [2.24, 2.45) is 0 Å². The van der Waals surface area contributed by atoms with Crippen LogP contribution in [0.1, 0.15) is 11.1 Å². The number of hydrogen-bond acceptors (Lipinski definition) is 2. The molecule has 4 heteroatoms. The molecule has 2 atom stereocenters. The van der Waals surface area contributed by atoms with Crippen LogP contribution < -0.4 is 21.4 Å². The van der Waals surface area contributed by atoms with Crippen LogP contribution in [-0.2, 0) is 0 Å². The summed E-state index contributed by atoms with van der Waals surface area (Å²) in [7, 11) is -1.68. The van der Waals surface area contributed by atoms with Crippen LogP contribution in [0.3, 0.4) is 0 Å². The first-order valence-corrected chi connectivity index (χ1v) is 16.1. The van der Waals surface area contributed by atoms with Crippen molar-refractivity contribution in [1.82, 2.24) is 0 Å². The first kappa shape index (κ1) is 24.6. The van der Waals surface area contributed by atoms with Gasteiger partial charge < -0.3 is 8.83 Å². The fraction of sp³-hybridized carbons (Fsp3) is 0.0588. The third-order valence-corrected chi connectivity index (χ3v) is 14.0. The summed E-state index contributed by atoms with van der Waals surface area (Å²) in [6.07, 6.45) is 3.54. The maximum absolute atomic E-state index is 6.25. The Balaban J connectivity index is 1.58. The third kappa shape index (κ3) is 4.79. The molecule has 6 rings (SSSR count). The summed E-state index contributed by atoms with van der Waals surface area (Å²) < 4.78 is 11.9. The van der Waals surface area contributed by atoms with Crippen LogP contribution in [0.4, 0.5) is 0 Å². The largest absolute Gasteiger partial charge is 0.464 e. The van der Waals surface area contributed by atoms with E-state index in [-0.39, 0.29) is 0 Å². The number of rotatable bonds is 7. The minimum atomic E-state index is -0.883. The van der Waals surface area contributed by atoms with Gasteiger partial charge >= 0.3 is 0 Å². The number of hydrogen-bond donors (Lipinski definition) is 0. The highest BCUT2D eigenvalue weighted by molar-refractivity contribution is 8.41. The first-order chi connectivity index (χ1) is 18.7. The van der Waals surface area contributed by atoms with E-state index in [0.717, 1.165) is 16.8 Å². The van der Waals surface area contributed by atoms with Crippen LogP contribution in [0.25, 0.3) is 22.5 Å². The molecule has 0 bridgehead atoms. The molecule has 186 valence electrons. The molecule has 0 saturated carbocycles. The zero-order valence-electron chi connectivity index (χ0n) is 21.4. The number of aryl methyl sites for hydroxylation is 2. The van der Waals surface area contributed by atoms with Crippen molar-refractivity contribution < 1.29 is 8.83 Å². The van der Waals surface area contributed by atoms with Crippen LogP contribution in [-0.4, -0.2) is 0 Å². The van der Waals surface area contributed by atoms with Crippen LogP contribution in [0, 0.1) is 13.8 Å². The lowest BCUT2D eigenvalue weighted by Crippen LogP contribution is -2.21. The van der Waals surface area contributed by atoms with E-state index in [2.05, 4.69) is 117 Å². The van der Waals surface area contributed by atoms with Crippen molar-refractivity contribution in [3.05, 3.63) is 145 Å². The normalized spacial score (nSPS) is 12.8. The van der Waals surface area contributed by atoms with Gasteiger partial charge in [0.05, 0.1) is 12.5 Å². The summed E-state index contributed by atoms with van der Waals surface area (Å²) in [6, 6.07) is 43.4. The zero-order chi connectivity index (χ0) is 25.9. The molecular weight excluding hydrogens is 502 g/mol. The Morgan fingerprint density at radius 2 is 1.18 bits per heavy atom. The molecule has 0 fully saturated rings. The summed E-state index contributed by atoms with van der Waals surface area (Å²) >= 11 is 0. The fourth-order valence-electron chi connectivity index (χ4n) is 4.91. The van der Waals surface area contributed by atoms with Crippen molar-refractivity contribution in [3.63, 3.8) is 0 Å². The van der Waals surface area contributed by atoms with Gasteiger partial charge in [0, 0.05) is 13.2 Å². The minimum absolute atomic E-state index is 0.799. The quantitative estimate of drug-likeness (QED) is 0.194. The van der Waals surface area contributed by atoms with Crippen molar-refractivity contribution in [1.29, 1.82) is 0 Å². The molecule has 0 aliphatic rings. The molecule has 0 aliphatic heterocycles. The molecule has 0 aliphatic carbocycles. The maximum atomic E-state index is 6.25. The van der Waals surface area contributed by atoms with E-state index in [4.69, 9.17) is 8.83 Å². The van der Waals surface area contributed by atoms with E-state index in [1.54, 1.807) is 6.26 Å². The van der Waals surface area contributed by atoms with Gasteiger partial charge in [-0.05, 0) is 83.9 Å². The molecule has 4 aromatic carbocycles. The lowest BCUT2D eigenvalue weighted by Gasteiger charge is -2.30. The molecule has 38 heavy (non-hydrogen) atoms. The second kappa shape index (κ2) is 11.0. The Bertz CT molecular complexity index is 1620. The minimum Gasteiger partial charge on any atom is -0.464 e. The topological polar surface area (TPSA) is 26.3 Å². The Labute approximate surface area is 226 Å². The molecule has 2 aromatic heterocycles. The molecule has 0 saturated heterocycles. The van der Waals surface area contributed by atoms with Gasteiger partial charge in [0.2, 0.25) is 0 Å². The predicted molar refractivity (Wildman–Crippen MR) is 163 cm³/mol. The molecule has 1 unspecified atom stereocenters. The van der Waals surface area contributed by atoms with Gasteiger partial charge in [0.15, 0.2) is 0 Å². The van der Waals surface area contributed by atoms with E-state index >= 15 is 0 Å². The Morgan fingerprint density at radius 1 is 0.500 bits per heavy atom. The van der Waals surface area contributed by atoms with Crippen LogP contribution in [0.15, 0.2) is 143 Å². The molecule has 2 nitrogen and oxygen atoms in total. The third-order valence-electron chi connectivity index (χ3n) is 6.73. The highest BCUT2D eigenvalue weighted by Gasteiger charge is 2.32. The standard InChI is InChI=1S/C34H28O2P2/c1-25-11-6-7-15-30(25)34-26(2)12-8-17-32(34)38(33-18-10-24-36-33)37(28-13-4-3-5-14-28)29-21-19-27(20-22-29)31-16-9-23-35-31/h3-24H,1-2H3/t37?,38-/m1/s1. The molecule has 0 radical (unpaired) electrons. The van der Waals surface area contributed by atoms with Gasteiger partial charge in [-0.2, -0.15) is 0 Å². The van der Waals surface area contributed by atoms with Gasteiger partial charge in [-0.25, -0.2) is 0 Å². The molecular formula is C34H28O2P2. The van der Waals surface area contributed by atoms with Crippen molar-refractivity contribution >= 4 is 36.6 Å². The average Bonchev–Trinajstić information content (AvgIpc) is 3.68. The zero-order valence-corrected chi connectivity index (χ0v) is 23.2. The number of furan rings is 2. The second-order valence-corrected chi connectivity index (χ2v) is 14.8. The molecule has 0 amide bonds. The van der Waals surface area contributed by atoms with Crippen molar-refractivity contribution in [2.45, 2.75) is 13.8 Å². The average molecular weight is 531 g/mol.